The molecule has 1 unspecified atom stereocenters. The molecule has 3 aliphatic heterocycles. The van der Waals surface area contributed by atoms with Gasteiger partial charge >= 0.3 is 12.0 Å². The summed E-state index contributed by atoms with van der Waals surface area (Å²) in [6.07, 6.45) is 3.58. The average Bonchev–Trinajstić information content (AvgIpc) is 3.77. The fourth-order valence-corrected chi connectivity index (χ4v) is 8.71. The summed E-state index contributed by atoms with van der Waals surface area (Å²) in [5, 5.41) is 6.36. The molecule has 3 aliphatic rings. The van der Waals surface area contributed by atoms with Crippen molar-refractivity contribution in [1.29, 1.82) is 0 Å². The van der Waals surface area contributed by atoms with E-state index in [2.05, 4.69) is 60.3 Å². The highest BCUT2D eigenvalue weighted by Crippen LogP contribution is 2.42. The number of methoxy groups -OCH3 is 2. The van der Waals surface area contributed by atoms with Gasteiger partial charge in [0.1, 0.15) is 12.1 Å². The number of thioether (sulfide) groups is 1. The Labute approximate surface area is 322 Å². The lowest BCUT2D eigenvalue weighted by Gasteiger charge is -2.36. The van der Waals surface area contributed by atoms with Gasteiger partial charge in [-0.15, -0.1) is 11.8 Å². The molecular weight excluding hydrogens is 707 g/mol. The lowest BCUT2D eigenvalue weighted by Crippen LogP contribution is -2.61. The zero-order chi connectivity index (χ0) is 38.7. The molecule has 5 atom stereocenters. The van der Waals surface area contributed by atoms with Crippen molar-refractivity contribution in [3.63, 3.8) is 0 Å². The van der Waals surface area contributed by atoms with Gasteiger partial charge in [0, 0.05) is 74.6 Å². The summed E-state index contributed by atoms with van der Waals surface area (Å²) in [4.78, 5) is 52.8. The first-order valence-corrected chi connectivity index (χ1v) is 19.9. The van der Waals surface area contributed by atoms with Gasteiger partial charge < -0.3 is 29.0 Å². The molecule has 3 aromatic rings. The van der Waals surface area contributed by atoms with Crippen LogP contribution in [0, 0.1) is 5.41 Å². The second-order valence-electron chi connectivity index (χ2n) is 15.4. The molecule has 3 amide bonds. The van der Waals surface area contributed by atoms with Crippen molar-refractivity contribution in [2.24, 2.45) is 10.4 Å². The van der Waals surface area contributed by atoms with Crippen LogP contribution >= 0.6 is 11.8 Å². The zero-order valence-electron chi connectivity index (χ0n) is 32.8. The Morgan fingerprint density at radius 1 is 1.22 bits per heavy atom. The number of nitrogens with one attached hydrogen (secondary N) is 2. The van der Waals surface area contributed by atoms with E-state index in [1.54, 1.807) is 39.2 Å². The van der Waals surface area contributed by atoms with Gasteiger partial charge in [-0.2, -0.15) is 0 Å². The number of esters is 1. The summed E-state index contributed by atoms with van der Waals surface area (Å²) in [6, 6.07) is 8.36. The number of ether oxygens (including phenoxy) is 3. The van der Waals surface area contributed by atoms with E-state index in [1.165, 1.54) is 9.91 Å². The smallest absolute Gasteiger partial charge is 0.324 e. The van der Waals surface area contributed by atoms with Crippen molar-refractivity contribution in [3.8, 4) is 11.3 Å². The van der Waals surface area contributed by atoms with Gasteiger partial charge in [0.25, 0.3) is 5.91 Å². The largest absolute Gasteiger partial charge is 0.464 e. The second kappa shape index (κ2) is 16.8. The predicted molar refractivity (Wildman–Crippen MR) is 211 cm³/mol. The molecule has 5 heterocycles. The van der Waals surface area contributed by atoms with E-state index in [-0.39, 0.29) is 43.2 Å². The fraction of sp³-hybridized carbons (Fsp3) is 0.575. The Kier molecular flexibility index (Phi) is 12.4. The van der Waals surface area contributed by atoms with Crippen LogP contribution in [-0.2, 0) is 36.8 Å². The molecule has 0 spiro atoms. The second-order valence-corrected chi connectivity index (χ2v) is 16.5. The van der Waals surface area contributed by atoms with Gasteiger partial charge in [0.15, 0.2) is 0 Å². The van der Waals surface area contributed by atoms with Crippen LogP contribution in [0.2, 0.25) is 0 Å². The monoisotopic (exact) mass is 761 g/mol. The number of carbonyl (C=O) groups is 3. The van der Waals surface area contributed by atoms with Gasteiger partial charge in [-0.05, 0) is 75.4 Å². The van der Waals surface area contributed by atoms with Crippen LogP contribution < -0.4 is 10.7 Å². The zero-order valence-corrected chi connectivity index (χ0v) is 33.6. The van der Waals surface area contributed by atoms with Crippen LogP contribution in [-0.4, -0.2) is 107 Å². The van der Waals surface area contributed by atoms with Crippen molar-refractivity contribution >= 4 is 45.6 Å². The Morgan fingerprint density at radius 3 is 2.76 bits per heavy atom. The lowest BCUT2D eigenvalue weighted by molar-refractivity contribution is -0.155. The van der Waals surface area contributed by atoms with E-state index in [1.807, 2.05) is 19.9 Å². The summed E-state index contributed by atoms with van der Waals surface area (Å²) >= 11 is 1.61. The van der Waals surface area contributed by atoms with Crippen molar-refractivity contribution in [3.05, 3.63) is 53.3 Å². The molecule has 0 saturated carbocycles. The summed E-state index contributed by atoms with van der Waals surface area (Å²) in [5.74, 6) is -0.0116. The number of urea groups is 1. The number of hydrogen-bond acceptors (Lipinski definition) is 10. The van der Waals surface area contributed by atoms with E-state index in [9.17, 15) is 14.4 Å². The third-order valence-electron chi connectivity index (χ3n) is 10.8. The number of aryl methyl sites for hydroxylation is 1. The van der Waals surface area contributed by atoms with Crippen LogP contribution in [0.5, 0.6) is 0 Å². The molecule has 14 heteroatoms. The summed E-state index contributed by atoms with van der Waals surface area (Å²) in [7, 11) is 4.97. The molecule has 2 N–H and O–H groups in total. The van der Waals surface area contributed by atoms with Gasteiger partial charge in [-0.25, -0.2) is 10.2 Å². The number of benzene rings is 1. The van der Waals surface area contributed by atoms with E-state index in [0.717, 1.165) is 50.6 Å². The molecule has 6 rings (SSSR count). The molecule has 2 aromatic heterocycles. The number of hydrazine groups is 1. The number of carbonyl (C=O) groups excluding carboxylic acids is 3. The van der Waals surface area contributed by atoms with Crippen LogP contribution in [0.4, 0.5) is 4.79 Å². The van der Waals surface area contributed by atoms with Crippen molar-refractivity contribution in [1.82, 2.24) is 30.2 Å². The Morgan fingerprint density at radius 2 is 2.02 bits per heavy atom. The summed E-state index contributed by atoms with van der Waals surface area (Å²) in [6.45, 7) is 12.0. The van der Waals surface area contributed by atoms with E-state index in [4.69, 9.17) is 24.2 Å². The van der Waals surface area contributed by atoms with Crippen LogP contribution in [0.3, 0.4) is 0 Å². The first-order valence-electron chi connectivity index (χ1n) is 18.9. The number of aliphatic imine (C=N–C) groups is 1. The van der Waals surface area contributed by atoms with Gasteiger partial charge in [0.05, 0.1) is 47.8 Å². The molecule has 0 radical (unpaired) electrons. The highest BCUT2D eigenvalue weighted by atomic mass is 32.2. The Hall–Kier alpha value is -3.98. The van der Waals surface area contributed by atoms with Crippen molar-refractivity contribution < 1.29 is 28.6 Å². The standard InChI is InChI=1S/C40H55N7O6S/c1-9-46-33-15-14-26-18-28(33)29(36(46)27-12-10-16-41-35(27)25(3)52-8)20-40(4,5)23-53-38(49)30-13-11-17-47(44-30)37(48)31(19-34-42-32(26)22-54-34)43-39(50)45(6)24(2)21-51-7/h10,12,14-16,18,24-25,30-32,44H,9,11,13,17,19-23H2,1-8H3,(H,43,50)/t24-,25+,30+,31+,32?/m1/s1. The fourth-order valence-electron chi connectivity index (χ4n) is 7.60. The summed E-state index contributed by atoms with van der Waals surface area (Å²) in [5.41, 5.74) is 9.00. The number of likely N-dealkylation sites (N-methyl/N-ethyl adjacent to an activating group) is 1. The van der Waals surface area contributed by atoms with Gasteiger partial charge in [0.2, 0.25) is 0 Å². The maximum Gasteiger partial charge on any atom is 0.324 e. The topological polar surface area (TPSA) is 140 Å². The third kappa shape index (κ3) is 8.31. The van der Waals surface area contributed by atoms with E-state index in [0.29, 0.717) is 38.2 Å². The number of hydrogen-bond donors (Lipinski definition) is 2. The normalized spacial score (nSPS) is 23.0. The first-order chi connectivity index (χ1) is 25.8. The lowest BCUT2D eigenvalue weighted by atomic mass is 9.84. The summed E-state index contributed by atoms with van der Waals surface area (Å²) < 4.78 is 19.5. The molecule has 1 aromatic carbocycles. The highest BCUT2D eigenvalue weighted by Gasteiger charge is 2.37. The predicted octanol–water partition coefficient (Wildman–Crippen LogP) is 5.67. The van der Waals surface area contributed by atoms with E-state index >= 15 is 0 Å². The number of cyclic esters (lactones) is 1. The van der Waals surface area contributed by atoms with Gasteiger partial charge in [-0.1, -0.05) is 19.9 Å². The molecule has 1 saturated heterocycles. The minimum Gasteiger partial charge on any atom is -0.464 e. The van der Waals surface area contributed by atoms with Crippen molar-refractivity contribution in [2.45, 2.75) is 97.1 Å². The maximum absolute atomic E-state index is 14.2. The first kappa shape index (κ1) is 39.7. The number of fused-ring (bicyclic) bond motifs is 5. The minimum atomic E-state index is -0.904. The third-order valence-corrected chi connectivity index (χ3v) is 11.9. The number of rotatable bonds is 8. The van der Waals surface area contributed by atoms with E-state index < -0.39 is 23.5 Å². The average molecular weight is 762 g/mol. The Bertz CT molecular complexity index is 1900. The molecule has 54 heavy (non-hydrogen) atoms. The van der Waals surface area contributed by atoms with Crippen LogP contribution in [0.15, 0.2) is 41.5 Å². The van der Waals surface area contributed by atoms with Crippen LogP contribution in [0.25, 0.3) is 22.2 Å². The maximum atomic E-state index is 14.2. The molecule has 292 valence electrons. The highest BCUT2D eigenvalue weighted by molar-refractivity contribution is 8.14. The van der Waals surface area contributed by atoms with Crippen LogP contribution in [0.1, 0.15) is 82.8 Å². The SMILES string of the molecule is CCn1c(-c2cccnc2[C@H](C)OC)c2c3cc(ccc31)C1CSC(=N1)C[C@H](NC(=O)N(C)[C@H](C)COC)C(=O)N1CCC[C@H](N1)C(=O)OCC(C)(C)C2. The number of nitrogens with zero attached hydrogens (tertiary/aromatic N) is 5. The minimum absolute atomic E-state index is 0.126. The molecule has 6 bridgehead atoms. The molecule has 1 fully saturated rings. The Balaban J connectivity index is 1.45. The number of aromatic nitrogens is 2. The molecule has 0 aliphatic carbocycles. The molecule has 13 nitrogen and oxygen atoms in total. The molecular formula is C40H55N7O6S. The van der Waals surface area contributed by atoms with Crippen molar-refractivity contribution in [2.75, 3.05) is 46.8 Å². The quantitative estimate of drug-likeness (QED) is 0.278. The van der Waals surface area contributed by atoms with Gasteiger partial charge in [-0.3, -0.25) is 24.6 Å². The number of pyridine rings is 1. The number of amides is 3.